The van der Waals surface area contributed by atoms with Crippen LogP contribution in [0.3, 0.4) is 0 Å². The Morgan fingerprint density at radius 2 is 2.43 bits per heavy atom. The van der Waals surface area contributed by atoms with Gasteiger partial charge in [0.2, 0.25) is 0 Å². The van der Waals surface area contributed by atoms with Gasteiger partial charge in [0, 0.05) is 25.9 Å². The number of carbonyl (C=O) groups is 1. The fraction of sp³-hybridized carbons (Fsp3) is 0.600. The number of amides is 1. The molecule has 0 radical (unpaired) electrons. The molecule has 2 heterocycles. The first-order valence-corrected chi connectivity index (χ1v) is 7.84. The predicted molar refractivity (Wildman–Crippen MR) is 83.9 cm³/mol. The minimum absolute atomic E-state index is 0.160. The van der Waals surface area contributed by atoms with Gasteiger partial charge >= 0.3 is 0 Å². The third kappa shape index (κ3) is 4.86. The van der Waals surface area contributed by atoms with Crippen molar-refractivity contribution in [1.82, 2.24) is 10.3 Å². The number of rotatable bonds is 6. The van der Waals surface area contributed by atoms with Gasteiger partial charge in [0.05, 0.1) is 17.2 Å². The molecule has 1 fully saturated rings. The average molecular weight is 312 g/mol. The minimum Gasteiger partial charge on any atom is -0.381 e. The predicted octanol–water partition coefficient (Wildman–Crippen LogP) is 2.71. The maximum Gasteiger partial charge on any atom is 0.253 e. The largest absolute Gasteiger partial charge is 0.381 e. The van der Waals surface area contributed by atoms with Crippen LogP contribution in [0.25, 0.3) is 0 Å². The van der Waals surface area contributed by atoms with Gasteiger partial charge in [-0.3, -0.25) is 4.79 Å². The van der Waals surface area contributed by atoms with Gasteiger partial charge in [-0.2, -0.15) is 0 Å². The van der Waals surface area contributed by atoms with Crippen LogP contribution in [0.5, 0.6) is 0 Å². The van der Waals surface area contributed by atoms with E-state index >= 15 is 0 Å². The molecule has 1 aliphatic heterocycles. The summed E-state index contributed by atoms with van der Waals surface area (Å²) in [5, 5.41) is 6.46. The van der Waals surface area contributed by atoms with Crippen LogP contribution < -0.4 is 10.6 Å². The van der Waals surface area contributed by atoms with Crippen molar-refractivity contribution >= 4 is 23.3 Å². The van der Waals surface area contributed by atoms with Gasteiger partial charge in [0.25, 0.3) is 5.91 Å². The highest BCUT2D eigenvalue weighted by Gasteiger charge is 2.17. The molecule has 1 aromatic rings. The van der Waals surface area contributed by atoms with E-state index in [9.17, 15) is 4.79 Å². The average Bonchev–Trinajstić information content (AvgIpc) is 2.53. The van der Waals surface area contributed by atoms with E-state index in [1.54, 1.807) is 6.07 Å². The van der Waals surface area contributed by atoms with Crippen LogP contribution in [-0.2, 0) is 4.74 Å². The molecule has 2 rings (SSSR count). The molecular formula is C15H22ClN3O2. The Morgan fingerprint density at radius 3 is 3.14 bits per heavy atom. The summed E-state index contributed by atoms with van der Waals surface area (Å²) < 4.78 is 5.41. The van der Waals surface area contributed by atoms with E-state index < -0.39 is 0 Å². The molecule has 1 amide bonds. The summed E-state index contributed by atoms with van der Waals surface area (Å²) in [7, 11) is 0. The summed E-state index contributed by atoms with van der Waals surface area (Å²) in [6.45, 7) is 5.05. The van der Waals surface area contributed by atoms with E-state index in [-0.39, 0.29) is 5.91 Å². The second-order valence-corrected chi connectivity index (χ2v) is 5.68. The third-order valence-corrected chi connectivity index (χ3v) is 3.76. The van der Waals surface area contributed by atoms with E-state index in [2.05, 4.69) is 22.5 Å². The highest BCUT2D eigenvalue weighted by Crippen LogP contribution is 2.18. The number of anilines is 1. The van der Waals surface area contributed by atoms with E-state index in [4.69, 9.17) is 16.3 Å². The molecule has 6 heteroatoms. The normalized spacial score (nSPS) is 18.3. The Balaban J connectivity index is 1.93. The van der Waals surface area contributed by atoms with Gasteiger partial charge in [-0.05, 0) is 31.2 Å². The maximum atomic E-state index is 12.2. The Bertz CT molecular complexity index is 476. The highest BCUT2D eigenvalue weighted by molar-refractivity contribution is 6.33. The van der Waals surface area contributed by atoms with Crippen LogP contribution in [0.1, 0.15) is 36.5 Å². The quantitative estimate of drug-likeness (QED) is 0.848. The Morgan fingerprint density at radius 1 is 1.57 bits per heavy atom. The number of ether oxygens (including phenoxy) is 1. The van der Waals surface area contributed by atoms with E-state index in [0.29, 0.717) is 35.5 Å². The van der Waals surface area contributed by atoms with Crippen molar-refractivity contribution in [3.8, 4) is 0 Å². The molecule has 1 unspecified atom stereocenters. The first-order valence-electron chi connectivity index (χ1n) is 7.46. The van der Waals surface area contributed by atoms with Gasteiger partial charge in [-0.25, -0.2) is 4.98 Å². The van der Waals surface area contributed by atoms with Crippen LogP contribution in [0.2, 0.25) is 5.02 Å². The molecule has 116 valence electrons. The Hall–Kier alpha value is -1.33. The van der Waals surface area contributed by atoms with Crippen LogP contribution in [0.4, 0.5) is 5.82 Å². The number of nitrogens with one attached hydrogen (secondary N) is 2. The van der Waals surface area contributed by atoms with Crippen LogP contribution in [-0.4, -0.2) is 37.2 Å². The smallest absolute Gasteiger partial charge is 0.253 e. The molecule has 1 saturated heterocycles. The molecule has 21 heavy (non-hydrogen) atoms. The van der Waals surface area contributed by atoms with Gasteiger partial charge in [0.15, 0.2) is 0 Å². The molecule has 5 nitrogen and oxygen atoms in total. The van der Waals surface area contributed by atoms with Crippen molar-refractivity contribution in [1.29, 1.82) is 0 Å². The fourth-order valence-electron chi connectivity index (χ4n) is 2.26. The first kappa shape index (κ1) is 16.0. The Labute approximate surface area is 130 Å². The van der Waals surface area contributed by atoms with Crippen LogP contribution in [0, 0.1) is 5.92 Å². The molecule has 0 saturated carbocycles. The fourth-order valence-corrected chi connectivity index (χ4v) is 2.45. The molecule has 1 aromatic heterocycles. The van der Waals surface area contributed by atoms with Crippen LogP contribution in [0.15, 0.2) is 12.3 Å². The molecule has 1 atom stereocenters. The number of hydrogen-bond acceptors (Lipinski definition) is 4. The van der Waals surface area contributed by atoms with Gasteiger partial charge < -0.3 is 15.4 Å². The molecule has 0 aromatic carbocycles. The highest BCUT2D eigenvalue weighted by atomic mass is 35.5. The monoisotopic (exact) mass is 311 g/mol. The lowest BCUT2D eigenvalue weighted by Crippen LogP contribution is -2.33. The zero-order valence-electron chi connectivity index (χ0n) is 12.3. The maximum absolute atomic E-state index is 12.2. The van der Waals surface area contributed by atoms with E-state index in [1.807, 2.05) is 0 Å². The molecule has 0 spiro atoms. The summed E-state index contributed by atoms with van der Waals surface area (Å²) in [4.78, 5) is 16.4. The summed E-state index contributed by atoms with van der Waals surface area (Å²) in [6, 6.07) is 1.70. The molecule has 2 N–H and O–H groups in total. The van der Waals surface area contributed by atoms with E-state index in [0.717, 1.165) is 32.4 Å². The number of aromatic nitrogens is 1. The number of carbonyl (C=O) groups excluding carboxylic acids is 1. The number of hydrogen-bond donors (Lipinski definition) is 2. The molecule has 1 aliphatic rings. The lowest BCUT2D eigenvalue weighted by atomic mass is 10.0. The Kier molecular flexibility index (Phi) is 6.26. The first-order chi connectivity index (χ1) is 10.2. The molecule has 0 bridgehead atoms. The van der Waals surface area contributed by atoms with Crippen molar-refractivity contribution in [2.45, 2.75) is 26.2 Å². The topological polar surface area (TPSA) is 63.2 Å². The second-order valence-electron chi connectivity index (χ2n) is 5.27. The second kappa shape index (κ2) is 8.20. The lowest BCUT2D eigenvalue weighted by molar-refractivity contribution is 0.0536. The summed E-state index contributed by atoms with van der Waals surface area (Å²) >= 11 is 6.07. The van der Waals surface area contributed by atoms with Gasteiger partial charge in [-0.15, -0.1) is 0 Å². The van der Waals surface area contributed by atoms with Crippen molar-refractivity contribution in [3.63, 3.8) is 0 Å². The standard InChI is InChI=1S/C15H22ClN3O2/c1-2-5-17-14-7-12(13(16)9-18-14)15(20)19-8-11-4-3-6-21-10-11/h7,9,11H,2-6,8,10H2,1H3,(H,17,18)(H,19,20). The van der Waals surface area contributed by atoms with Crippen molar-refractivity contribution in [2.24, 2.45) is 5.92 Å². The van der Waals surface area contributed by atoms with Crippen molar-refractivity contribution < 1.29 is 9.53 Å². The zero-order valence-corrected chi connectivity index (χ0v) is 13.1. The van der Waals surface area contributed by atoms with E-state index in [1.165, 1.54) is 6.20 Å². The lowest BCUT2D eigenvalue weighted by Gasteiger charge is -2.22. The number of nitrogens with zero attached hydrogens (tertiary/aromatic N) is 1. The summed E-state index contributed by atoms with van der Waals surface area (Å²) in [5.74, 6) is 0.904. The zero-order chi connectivity index (χ0) is 15.1. The van der Waals surface area contributed by atoms with Gasteiger partial charge in [0.1, 0.15) is 5.82 Å². The molecular weight excluding hydrogens is 290 g/mol. The third-order valence-electron chi connectivity index (χ3n) is 3.46. The number of pyridine rings is 1. The number of halogens is 1. The molecule has 0 aliphatic carbocycles. The van der Waals surface area contributed by atoms with Crippen LogP contribution >= 0.6 is 11.6 Å². The van der Waals surface area contributed by atoms with Crippen molar-refractivity contribution in [3.05, 3.63) is 22.8 Å². The SMILES string of the molecule is CCCNc1cc(C(=O)NCC2CCCOC2)c(Cl)cn1. The minimum atomic E-state index is -0.160. The van der Waals surface area contributed by atoms with Crippen molar-refractivity contribution in [2.75, 3.05) is 31.6 Å². The summed E-state index contributed by atoms with van der Waals surface area (Å²) in [5.41, 5.74) is 0.460. The van der Waals surface area contributed by atoms with Gasteiger partial charge in [-0.1, -0.05) is 18.5 Å². The summed E-state index contributed by atoms with van der Waals surface area (Å²) in [6.07, 6.45) is 4.65.